The van der Waals surface area contributed by atoms with E-state index in [2.05, 4.69) is 22.8 Å². The minimum atomic E-state index is -0.197. The molecule has 0 atom stereocenters. The van der Waals surface area contributed by atoms with Gasteiger partial charge in [0, 0.05) is 43.2 Å². The van der Waals surface area contributed by atoms with Crippen molar-refractivity contribution in [3.63, 3.8) is 0 Å². The molecule has 0 bridgehead atoms. The average molecular weight is 405 g/mol. The van der Waals surface area contributed by atoms with Crippen LogP contribution in [0.4, 0.5) is 5.69 Å². The fourth-order valence-electron chi connectivity index (χ4n) is 3.74. The number of carbonyl (C=O) groups is 3. The Bertz CT molecular complexity index is 952. The van der Waals surface area contributed by atoms with Gasteiger partial charge in [-0.1, -0.05) is 30.3 Å². The first-order chi connectivity index (χ1) is 14.6. The quantitative estimate of drug-likeness (QED) is 0.695. The molecule has 30 heavy (non-hydrogen) atoms. The number of nitrogens with zero attached hydrogens (tertiary/aromatic N) is 1. The van der Waals surface area contributed by atoms with Crippen LogP contribution in [0.2, 0.25) is 0 Å². The van der Waals surface area contributed by atoms with E-state index in [1.807, 2.05) is 17.0 Å². The standard InChI is InChI=1S/C24H27N3O3/c28-22(27-14-12-17-5-1-2-6-20(17)16-27)9-4-13-25-23(29)19-7-3-8-21(15-19)26-24(30)18-10-11-18/h1-3,5-8,15,18H,4,9-14,16H2,(H,25,29)(H,26,30). The van der Waals surface area contributed by atoms with Crippen molar-refractivity contribution in [2.24, 2.45) is 5.92 Å². The SMILES string of the molecule is O=C(NCCCC(=O)N1CCc2ccccc2C1)c1cccc(NC(=O)C2CC2)c1. The highest BCUT2D eigenvalue weighted by Crippen LogP contribution is 2.30. The maximum atomic E-state index is 12.5. The minimum Gasteiger partial charge on any atom is -0.352 e. The number of carbonyl (C=O) groups excluding carboxylic acids is 3. The number of nitrogens with one attached hydrogen (secondary N) is 2. The molecule has 0 radical (unpaired) electrons. The van der Waals surface area contributed by atoms with Crippen LogP contribution in [0.15, 0.2) is 48.5 Å². The summed E-state index contributed by atoms with van der Waals surface area (Å²) in [7, 11) is 0. The molecule has 2 N–H and O–H groups in total. The van der Waals surface area contributed by atoms with Crippen LogP contribution in [0.1, 0.15) is 47.2 Å². The molecular weight excluding hydrogens is 378 g/mol. The van der Waals surface area contributed by atoms with Crippen molar-refractivity contribution >= 4 is 23.4 Å². The summed E-state index contributed by atoms with van der Waals surface area (Å²) in [5, 5.41) is 5.72. The van der Waals surface area contributed by atoms with Gasteiger partial charge in [0.05, 0.1) is 0 Å². The van der Waals surface area contributed by atoms with E-state index in [9.17, 15) is 14.4 Å². The third kappa shape index (κ3) is 5.06. The van der Waals surface area contributed by atoms with E-state index < -0.39 is 0 Å². The fraction of sp³-hybridized carbons (Fsp3) is 0.375. The van der Waals surface area contributed by atoms with Crippen LogP contribution < -0.4 is 10.6 Å². The molecular formula is C24H27N3O3. The van der Waals surface area contributed by atoms with Crippen LogP contribution in [0, 0.1) is 5.92 Å². The summed E-state index contributed by atoms with van der Waals surface area (Å²) in [6.07, 6.45) is 3.79. The molecule has 1 aliphatic heterocycles. The lowest BCUT2D eigenvalue weighted by molar-refractivity contribution is -0.132. The van der Waals surface area contributed by atoms with Crippen molar-refractivity contribution in [1.82, 2.24) is 10.2 Å². The molecule has 4 rings (SSSR count). The second-order valence-corrected chi connectivity index (χ2v) is 8.04. The van der Waals surface area contributed by atoms with Crippen LogP contribution in [0.25, 0.3) is 0 Å². The smallest absolute Gasteiger partial charge is 0.251 e. The van der Waals surface area contributed by atoms with Gasteiger partial charge in [-0.2, -0.15) is 0 Å². The lowest BCUT2D eigenvalue weighted by Gasteiger charge is -2.29. The first-order valence-electron chi connectivity index (χ1n) is 10.6. The highest BCUT2D eigenvalue weighted by atomic mass is 16.2. The number of hydrogen-bond donors (Lipinski definition) is 2. The molecule has 2 aromatic carbocycles. The third-order valence-corrected chi connectivity index (χ3v) is 5.68. The Labute approximate surface area is 176 Å². The first kappa shape index (κ1) is 20.1. The van der Waals surface area contributed by atoms with E-state index in [1.165, 1.54) is 11.1 Å². The number of hydrogen-bond acceptors (Lipinski definition) is 3. The van der Waals surface area contributed by atoms with Gasteiger partial charge in [0.15, 0.2) is 0 Å². The van der Waals surface area contributed by atoms with Crippen LogP contribution in [-0.2, 0) is 22.6 Å². The molecule has 3 amide bonds. The lowest BCUT2D eigenvalue weighted by atomic mass is 9.99. The fourth-order valence-corrected chi connectivity index (χ4v) is 3.74. The number of amides is 3. The molecule has 0 unspecified atom stereocenters. The number of rotatable bonds is 7. The van der Waals surface area contributed by atoms with E-state index in [0.29, 0.717) is 37.2 Å². The summed E-state index contributed by atoms with van der Waals surface area (Å²) >= 11 is 0. The van der Waals surface area contributed by atoms with Crippen molar-refractivity contribution in [2.45, 2.75) is 38.6 Å². The van der Waals surface area contributed by atoms with Crippen molar-refractivity contribution in [1.29, 1.82) is 0 Å². The van der Waals surface area contributed by atoms with Gasteiger partial charge in [0.2, 0.25) is 11.8 Å². The Kier molecular flexibility index (Phi) is 6.12. The van der Waals surface area contributed by atoms with Gasteiger partial charge in [-0.25, -0.2) is 0 Å². The van der Waals surface area contributed by atoms with E-state index >= 15 is 0 Å². The van der Waals surface area contributed by atoms with Gasteiger partial charge in [-0.3, -0.25) is 14.4 Å². The number of benzene rings is 2. The number of anilines is 1. The normalized spacial score (nSPS) is 15.3. The molecule has 6 nitrogen and oxygen atoms in total. The van der Waals surface area contributed by atoms with E-state index in [0.717, 1.165) is 25.8 Å². The summed E-state index contributed by atoms with van der Waals surface area (Å²) in [5.74, 6) is 0.0696. The maximum absolute atomic E-state index is 12.5. The van der Waals surface area contributed by atoms with Crippen LogP contribution >= 0.6 is 0 Å². The summed E-state index contributed by atoms with van der Waals surface area (Å²) in [5.41, 5.74) is 3.69. The van der Waals surface area contributed by atoms with Gasteiger partial charge in [0.1, 0.15) is 0 Å². The molecule has 0 spiro atoms. The predicted molar refractivity (Wildman–Crippen MR) is 115 cm³/mol. The Morgan fingerprint density at radius 1 is 1.00 bits per heavy atom. The molecule has 156 valence electrons. The Morgan fingerprint density at radius 2 is 1.80 bits per heavy atom. The van der Waals surface area contributed by atoms with E-state index in [-0.39, 0.29) is 23.6 Å². The Morgan fingerprint density at radius 3 is 2.60 bits per heavy atom. The minimum absolute atomic E-state index is 0.0198. The topological polar surface area (TPSA) is 78.5 Å². The van der Waals surface area contributed by atoms with Gasteiger partial charge in [0.25, 0.3) is 5.91 Å². The molecule has 0 saturated heterocycles. The van der Waals surface area contributed by atoms with Crippen LogP contribution in [0.3, 0.4) is 0 Å². The van der Waals surface area contributed by atoms with Gasteiger partial charge in [-0.15, -0.1) is 0 Å². The van der Waals surface area contributed by atoms with Crippen molar-refractivity contribution < 1.29 is 14.4 Å². The molecule has 2 aliphatic rings. The molecule has 0 aromatic heterocycles. The second kappa shape index (κ2) is 9.11. The molecule has 1 heterocycles. The predicted octanol–water partition coefficient (Wildman–Crippen LogP) is 3.13. The maximum Gasteiger partial charge on any atom is 0.251 e. The largest absolute Gasteiger partial charge is 0.352 e. The monoisotopic (exact) mass is 405 g/mol. The molecule has 1 fully saturated rings. The van der Waals surface area contributed by atoms with Crippen molar-refractivity contribution in [3.05, 3.63) is 65.2 Å². The molecule has 1 aliphatic carbocycles. The Balaban J connectivity index is 1.20. The molecule has 1 saturated carbocycles. The summed E-state index contributed by atoms with van der Waals surface area (Å²) < 4.78 is 0. The van der Waals surface area contributed by atoms with Crippen molar-refractivity contribution in [2.75, 3.05) is 18.4 Å². The zero-order chi connectivity index (χ0) is 20.9. The zero-order valence-corrected chi connectivity index (χ0v) is 17.0. The third-order valence-electron chi connectivity index (χ3n) is 5.68. The van der Waals surface area contributed by atoms with Crippen LogP contribution in [-0.4, -0.2) is 35.7 Å². The highest BCUT2D eigenvalue weighted by Gasteiger charge is 2.29. The van der Waals surface area contributed by atoms with E-state index in [4.69, 9.17) is 0 Å². The lowest BCUT2D eigenvalue weighted by Crippen LogP contribution is -2.36. The Hall–Kier alpha value is -3.15. The van der Waals surface area contributed by atoms with Gasteiger partial charge >= 0.3 is 0 Å². The zero-order valence-electron chi connectivity index (χ0n) is 17.0. The number of fused-ring (bicyclic) bond motifs is 1. The van der Waals surface area contributed by atoms with Gasteiger partial charge < -0.3 is 15.5 Å². The van der Waals surface area contributed by atoms with E-state index in [1.54, 1.807) is 24.3 Å². The second-order valence-electron chi connectivity index (χ2n) is 8.04. The summed E-state index contributed by atoms with van der Waals surface area (Å²) in [6.45, 7) is 1.86. The van der Waals surface area contributed by atoms with Crippen molar-refractivity contribution in [3.8, 4) is 0 Å². The molecule has 6 heteroatoms. The molecule has 2 aromatic rings. The highest BCUT2D eigenvalue weighted by molar-refractivity contribution is 5.98. The summed E-state index contributed by atoms with van der Waals surface area (Å²) in [4.78, 5) is 38.7. The average Bonchev–Trinajstić information content (AvgIpc) is 3.62. The van der Waals surface area contributed by atoms with Gasteiger partial charge in [-0.05, 0) is 55.0 Å². The first-order valence-corrected chi connectivity index (χ1v) is 10.6. The summed E-state index contributed by atoms with van der Waals surface area (Å²) in [6, 6.07) is 15.2. The van der Waals surface area contributed by atoms with Crippen LogP contribution in [0.5, 0.6) is 0 Å².